The fourth-order valence-corrected chi connectivity index (χ4v) is 12.6. The van der Waals surface area contributed by atoms with E-state index >= 15 is 0 Å². The van der Waals surface area contributed by atoms with Gasteiger partial charge < -0.3 is 18.9 Å². The number of rotatable bonds is 6. The standard InChI is InChI=1S/C73H45N4O.Pt/c1-46-19-8-9-24-51(46)59-31-15-32-61-64-34-16-33-63-58-41-39-50(44-68(58)77(71(63)64)73-65(36-18-42-74-73)56-27-12-13-28-60(56)69(59)61)78-49-38-40-57-54-25-10-11-26-55(54)62-35-17-37-66-72(62)76(67(57)43-49)45-75(66)70-52(47-20-4-2-5-21-47)29-14-30-53(70)48-22-6-3-7-23-48;/h2-42,45H,1H3;/q-3;. The summed E-state index contributed by atoms with van der Waals surface area (Å²) in [5.41, 5.74) is 19.7. The van der Waals surface area contributed by atoms with Crippen molar-refractivity contribution in [3.63, 3.8) is 0 Å². The summed E-state index contributed by atoms with van der Waals surface area (Å²) in [6, 6.07) is 94.7. The van der Waals surface area contributed by atoms with E-state index in [-0.39, 0.29) is 21.1 Å². The topological polar surface area (TPSA) is 33.0 Å². The fraction of sp³-hybridized carbons (Fsp3) is 0.0137. The number of benzene rings is 11. The van der Waals surface area contributed by atoms with Crippen molar-refractivity contribution in [2.24, 2.45) is 0 Å². The Kier molecular flexibility index (Phi) is 11.0. The van der Waals surface area contributed by atoms with Crippen molar-refractivity contribution in [2.45, 2.75) is 6.92 Å². The Bertz CT molecular complexity index is 4780. The van der Waals surface area contributed by atoms with Crippen LogP contribution in [0.15, 0.2) is 249 Å². The van der Waals surface area contributed by atoms with Crippen molar-refractivity contribution >= 4 is 82.5 Å². The zero-order chi connectivity index (χ0) is 51.4. The summed E-state index contributed by atoms with van der Waals surface area (Å²) in [7, 11) is 0. The predicted octanol–water partition coefficient (Wildman–Crippen LogP) is 19.4. The van der Waals surface area contributed by atoms with Crippen LogP contribution in [-0.4, -0.2) is 9.38 Å². The first-order valence-electron chi connectivity index (χ1n) is 26.5. The molecule has 0 unspecified atom stereocenters. The number of hydrogen-bond donors (Lipinski definition) is 0. The van der Waals surface area contributed by atoms with E-state index < -0.39 is 0 Å². The molecule has 0 radical (unpaired) electrons. The van der Waals surface area contributed by atoms with E-state index in [1.165, 1.54) is 22.1 Å². The molecule has 5 heterocycles. The minimum absolute atomic E-state index is 0. The van der Waals surface area contributed by atoms with E-state index in [4.69, 9.17) is 9.72 Å². The molecule has 0 aliphatic carbocycles. The van der Waals surface area contributed by atoms with Crippen molar-refractivity contribution in [3.8, 4) is 67.1 Å². The van der Waals surface area contributed by atoms with Gasteiger partial charge in [0, 0.05) is 88.8 Å². The van der Waals surface area contributed by atoms with Crippen molar-refractivity contribution in [3.05, 3.63) is 273 Å². The Morgan fingerprint density at radius 3 is 1.71 bits per heavy atom. The third-order valence-electron chi connectivity index (χ3n) is 16.0. The van der Waals surface area contributed by atoms with E-state index in [0.29, 0.717) is 11.5 Å². The summed E-state index contributed by atoms with van der Waals surface area (Å²) < 4.78 is 9.36. The van der Waals surface area contributed by atoms with Gasteiger partial charge in [-0.2, -0.15) is 12.1 Å². The van der Waals surface area contributed by atoms with Gasteiger partial charge in [0.25, 0.3) is 0 Å². The quantitative estimate of drug-likeness (QED) is 0.155. The first-order chi connectivity index (χ1) is 38.6. The van der Waals surface area contributed by atoms with Gasteiger partial charge in [-0.05, 0) is 85.4 Å². The zero-order valence-corrected chi connectivity index (χ0v) is 45.0. The molecule has 79 heavy (non-hydrogen) atoms. The van der Waals surface area contributed by atoms with Crippen LogP contribution < -0.4 is 14.5 Å². The number of aromatic nitrogens is 2. The van der Waals surface area contributed by atoms with Crippen molar-refractivity contribution in [2.75, 3.05) is 9.80 Å². The molecule has 0 bridgehead atoms. The molecule has 2 aliphatic rings. The van der Waals surface area contributed by atoms with Gasteiger partial charge in [0.05, 0.1) is 0 Å². The van der Waals surface area contributed by atoms with Gasteiger partial charge >= 0.3 is 0 Å². The first-order valence-corrected chi connectivity index (χ1v) is 26.5. The van der Waals surface area contributed by atoms with Crippen molar-refractivity contribution in [1.29, 1.82) is 0 Å². The molecule has 3 aromatic heterocycles. The number of pyridine rings is 1. The number of fused-ring (bicyclic) bond motifs is 15. The zero-order valence-electron chi connectivity index (χ0n) is 42.8. The average Bonchev–Trinajstić information content (AvgIpc) is 4.27. The Morgan fingerprint density at radius 1 is 0.392 bits per heavy atom. The maximum Gasteiger partial charge on any atom is 0.143 e. The van der Waals surface area contributed by atoms with Gasteiger partial charge in [-0.25, -0.2) is 4.98 Å². The molecule has 0 atom stereocenters. The van der Waals surface area contributed by atoms with Gasteiger partial charge in [0.15, 0.2) is 0 Å². The molecule has 0 spiro atoms. The van der Waals surface area contributed by atoms with Gasteiger partial charge in [-0.3, -0.25) is 0 Å². The second-order valence-electron chi connectivity index (χ2n) is 20.3. The Hall–Kier alpha value is -9.54. The minimum atomic E-state index is 0. The fourth-order valence-electron chi connectivity index (χ4n) is 12.6. The van der Waals surface area contributed by atoms with Crippen LogP contribution in [0.4, 0.5) is 22.7 Å². The average molecular weight is 1190 g/mol. The summed E-state index contributed by atoms with van der Waals surface area (Å²) >= 11 is 0. The molecule has 0 saturated carbocycles. The summed E-state index contributed by atoms with van der Waals surface area (Å²) in [5, 5.41) is 8.96. The molecule has 11 aromatic carbocycles. The molecule has 0 saturated heterocycles. The SMILES string of the molecule is Cc1ccccc1-c1cccc2c3cccc4c5ccc(Oc6[c-]c7c(cc6)-c6ccccc6-c6cccc8c6N7[CH-]N8c6c(-c7ccccc7)cccc6-c6ccccc6)[c-]c5n(c5ncccc5c5ccccc5c12)c34.[Pt]. The third kappa shape index (κ3) is 7.23. The van der Waals surface area contributed by atoms with E-state index in [1.807, 2.05) is 24.4 Å². The smallest absolute Gasteiger partial charge is 0.143 e. The molecule has 2 aliphatic heterocycles. The van der Waals surface area contributed by atoms with Crippen LogP contribution in [0.25, 0.3) is 115 Å². The van der Waals surface area contributed by atoms with Crippen molar-refractivity contribution in [1.82, 2.24) is 9.38 Å². The van der Waals surface area contributed by atoms with Gasteiger partial charge in [0.1, 0.15) is 5.65 Å². The third-order valence-corrected chi connectivity index (χ3v) is 16.0. The molecule has 6 heteroatoms. The molecule has 0 N–H and O–H groups in total. The Balaban J connectivity index is 0.00000541. The summed E-state index contributed by atoms with van der Waals surface area (Å²) in [6.45, 7) is 4.45. The second-order valence-corrected chi connectivity index (χ2v) is 20.3. The Morgan fingerprint density at radius 2 is 0.937 bits per heavy atom. The number of para-hydroxylation sites is 3. The molecule has 0 amide bonds. The van der Waals surface area contributed by atoms with Crippen LogP contribution in [0.5, 0.6) is 11.5 Å². The predicted molar refractivity (Wildman–Crippen MR) is 323 cm³/mol. The van der Waals surface area contributed by atoms with Gasteiger partial charge in [0.2, 0.25) is 0 Å². The van der Waals surface area contributed by atoms with Crippen molar-refractivity contribution < 1.29 is 25.8 Å². The molecule has 14 aromatic rings. The molecule has 0 fully saturated rings. The number of hydrogen-bond acceptors (Lipinski definition) is 4. The first kappa shape index (κ1) is 46.7. The van der Waals surface area contributed by atoms with Crippen LogP contribution in [0, 0.1) is 25.7 Å². The number of aryl methyl sites for hydroxylation is 1. The monoisotopic (exact) mass is 1190 g/mol. The second kappa shape index (κ2) is 18.6. The summed E-state index contributed by atoms with van der Waals surface area (Å²) in [5.74, 6) is 1.15. The number of anilines is 4. The van der Waals surface area contributed by atoms with Crippen LogP contribution in [-0.2, 0) is 21.1 Å². The minimum Gasteiger partial charge on any atom is -0.509 e. The number of nitrogens with zero attached hydrogens (tertiary/aromatic N) is 4. The summed E-state index contributed by atoms with van der Waals surface area (Å²) in [4.78, 5) is 9.95. The van der Waals surface area contributed by atoms with Crippen LogP contribution in [0.1, 0.15) is 5.56 Å². The maximum absolute atomic E-state index is 7.05. The van der Waals surface area contributed by atoms with E-state index in [2.05, 4.69) is 264 Å². The molecule has 376 valence electrons. The van der Waals surface area contributed by atoms with Crippen LogP contribution in [0.2, 0.25) is 0 Å². The normalized spacial score (nSPS) is 12.4. The largest absolute Gasteiger partial charge is 0.509 e. The van der Waals surface area contributed by atoms with E-state index in [9.17, 15) is 0 Å². The summed E-state index contributed by atoms with van der Waals surface area (Å²) in [6.07, 6.45) is 1.90. The van der Waals surface area contributed by atoms with Gasteiger partial charge in [-0.15, -0.1) is 41.9 Å². The molecule has 16 rings (SSSR count). The molecule has 5 nitrogen and oxygen atoms in total. The molecular formula is C73H45N4OPt-3. The van der Waals surface area contributed by atoms with Gasteiger partial charge in [-0.1, -0.05) is 217 Å². The maximum atomic E-state index is 7.05. The van der Waals surface area contributed by atoms with E-state index in [1.54, 1.807) is 0 Å². The Labute approximate surface area is 471 Å². The van der Waals surface area contributed by atoms with E-state index in [0.717, 1.165) is 122 Å². The molecular weight excluding hydrogens is 1140 g/mol. The van der Waals surface area contributed by atoms with Crippen LogP contribution in [0.3, 0.4) is 0 Å². The number of ether oxygens (including phenoxy) is 1. The van der Waals surface area contributed by atoms with Crippen LogP contribution >= 0.6 is 0 Å².